The van der Waals surface area contributed by atoms with Crippen molar-refractivity contribution in [1.29, 1.82) is 0 Å². The first-order valence-corrected chi connectivity index (χ1v) is 7.64. The Morgan fingerprint density at radius 2 is 1.95 bits per heavy atom. The molecule has 1 saturated heterocycles. The van der Waals surface area contributed by atoms with Gasteiger partial charge in [0.2, 0.25) is 5.91 Å². The molecule has 1 aliphatic rings. The van der Waals surface area contributed by atoms with Gasteiger partial charge in [-0.3, -0.25) is 9.69 Å². The summed E-state index contributed by atoms with van der Waals surface area (Å²) in [6.45, 7) is 2.68. The first-order chi connectivity index (χ1) is 10.8. The van der Waals surface area contributed by atoms with Crippen molar-refractivity contribution in [3.05, 3.63) is 54.6 Å². The summed E-state index contributed by atoms with van der Waals surface area (Å²) in [5, 5.41) is 3.00. The second kappa shape index (κ2) is 7.13. The monoisotopic (exact) mass is 296 g/mol. The van der Waals surface area contributed by atoms with Gasteiger partial charge >= 0.3 is 0 Å². The Hall–Kier alpha value is -2.27. The van der Waals surface area contributed by atoms with Crippen LogP contribution in [0.1, 0.15) is 18.5 Å². The summed E-state index contributed by atoms with van der Waals surface area (Å²) in [5.74, 6) is 0.231. The largest absolute Gasteiger partial charge is 0.326 e. The van der Waals surface area contributed by atoms with Gasteiger partial charge in [-0.2, -0.15) is 0 Å². The van der Waals surface area contributed by atoms with Crippen LogP contribution in [0.4, 0.5) is 5.69 Å². The lowest BCUT2D eigenvalue weighted by Crippen LogP contribution is -2.37. The van der Waals surface area contributed by atoms with E-state index in [1.165, 1.54) is 0 Å². The number of amides is 1. The number of para-hydroxylation sites is 1. The fourth-order valence-corrected chi connectivity index (χ4v) is 2.76. The number of hydrogen-bond donors (Lipinski definition) is 1. The van der Waals surface area contributed by atoms with Gasteiger partial charge in [-0.05, 0) is 44.1 Å². The molecular weight excluding hydrogens is 276 g/mol. The predicted molar refractivity (Wildman–Crippen MR) is 85.1 cm³/mol. The summed E-state index contributed by atoms with van der Waals surface area (Å²) in [6.07, 6.45) is 5.13. The van der Waals surface area contributed by atoms with Gasteiger partial charge in [0.05, 0.1) is 5.69 Å². The first kappa shape index (κ1) is 14.7. The second-order valence-corrected chi connectivity index (χ2v) is 5.61. The number of likely N-dealkylation sites (tertiary alicyclic amines) is 1. The highest BCUT2D eigenvalue weighted by molar-refractivity contribution is 5.92. The minimum absolute atomic E-state index is 0.0989. The SMILES string of the molecule is O=C(Nc1ccccc1)C1CCN(Cc2ccncn2)CC1. The zero-order valence-corrected chi connectivity index (χ0v) is 12.5. The molecule has 1 aromatic heterocycles. The number of hydrogen-bond acceptors (Lipinski definition) is 4. The van der Waals surface area contributed by atoms with Gasteiger partial charge in [-0.1, -0.05) is 18.2 Å². The zero-order chi connectivity index (χ0) is 15.2. The predicted octanol–water partition coefficient (Wildman–Crippen LogP) is 2.33. The van der Waals surface area contributed by atoms with Crippen molar-refractivity contribution in [1.82, 2.24) is 14.9 Å². The number of carbonyl (C=O) groups excluding carboxylic acids is 1. The summed E-state index contributed by atoms with van der Waals surface area (Å²) < 4.78 is 0. The van der Waals surface area contributed by atoms with E-state index in [1.807, 2.05) is 36.4 Å². The molecule has 0 unspecified atom stereocenters. The number of benzene rings is 1. The van der Waals surface area contributed by atoms with Gasteiger partial charge < -0.3 is 5.32 Å². The average Bonchev–Trinajstić information content (AvgIpc) is 2.57. The van der Waals surface area contributed by atoms with Crippen LogP contribution in [0.25, 0.3) is 0 Å². The van der Waals surface area contributed by atoms with E-state index in [-0.39, 0.29) is 11.8 Å². The minimum Gasteiger partial charge on any atom is -0.326 e. The summed E-state index contributed by atoms with van der Waals surface area (Å²) >= 11 is 0. The van der Waals surface area contributed by atoms with Crippen molar-refractivity contribution in [2.75, 3.05) is 18.4 Å². The van der Waals surface area contributed by atoms with Gasteiger partial charge in [-0.15, -0.1) is 0 Å². The van der Waals surface area contributed by atoms with Crippen LogP contribution < -0.4 is 5.32 Å². The van der Waals surface area contributed by atoms with Gasteiger partial charge in [0.25, 0.3) is 0 Å². The van der Waals surface area contributed by atoms with Crippen molar-refractivity contribution < 1.29 is 4.79 Å². The van der Waals surface area contributed by atoms with Crippen molar-refractivity contribution >= 4 is 11.6 Å². The van der Waals surface area contributed by atoms with Gasteiger partial charge in [-0.25, -0.2) is 9.97 Å². The quantitative estimate of drug-likeness (QED) is 0.940. The second-order valence-electron chi connectivity index (χ2n) is 5.61. The molecule has 3 rings (SSSR count). The van der Waals surface area contributed by atoms with Crippen molar-refractivity contribution in [2.24, 2.45) is 5.92 Å². The smallest absolute Gasteiger partial charge is 0.227 e. The van der Waals surface area contributed by atoms with E-state index in [0.29, 0.717) is 0 Å². The maximum Gasteiger partial charge on any atom is 0.227 e. The molecule has 5 heteroatoms. The highest BCUT2D eigenvalue weighted by Crippen LogP contribution is 2.20. The number of rotatable bonds is 4. The van der Waals surface area contributed by atoms with E-state index in [0.717, 1.165) is 43.9 Å². The number of nitrogens with one attached hydrogen (secondary N) is 1. The number of carbonyl (C=O) groups is 1. The third-order valence-corrected chi connectivity index (χ3v) is 4.03. The molecule has 114 valence electrons. The molecular formula is C17H20N4O. The number of nitrogens with zero attached hydrogens (tertiary/aromatic N) is 3. The van der Waals surface area contributed by atoms with Crippen molar-refractivity contribution in [3.8, 4) is 0 Å². The summed E-state index contributed by atoms with van der Waals surface area (Å²) in [7, 11) is 0. The molecule has 0 atom stereocenters. The van der Waals surface area contributed by atoms with Crippen LogP contribution in [-0.4, -0.2) is 33.9 Å². The van der Waals surface area contributed by atoms with Crippen LogP contribution in [0.5, 0.6) is 0 Å². The Labute approximate surface area is 130 Å². The molecule has 2 heterocycles. The number of anilines is 1. The average molecular weight is 296 g/mol. The number of aromatic nitrogens is 2. The topological polar surface area (TPSA) is 58.1 Å². The molecule has 1 aliphatic heterocycles. The van der Waals surface area contributed by atoms with E-state index >= 15 is 0 Å². The molecule has 22 heavy (non-hydrogen) atoms. The lowest BCUT2D eigenvalue weighted by Gasteiger charge is -2.30. The summed E-state index contributed by atoms with van der Waals surface area (Å²) in [5.41, 5.74) is 1.90. The van der Waals surface area contributed by atoms with Crippen LogP contribution in [0.3, 0.4) is 0 Å². The lowest BCUT2D eigenvalue weighted by atomic mass is 9.95. The Morgan fingerprint density at radius 3 is 2.64 bits per heavy atom. The summed E-state index contributed by atoms with van der Waals surface area (Å²) in [6, 6.07) is 11.6. The molecule has 0 aliphatic carbocycles. The lowest BCUT2D eigenvalue weighted by molar-refractivity contribution is -0.121. The zero-order valence-electron chi connectivity index (χ0n) is 12.5. The maximum absolute atomic E-state index is 12.3. The fraction of sp³-hybridized carbons (Fsp3) is 0.353. The van der Waals surface area contributed by atoms with E-state index in [1.54, 1.807) is 12.5 Å². The third-order valence-electron chi connectivity index (χ3n) is 4.03. The molecule has 0 radical (unpaired) electrons. The van der Waals surface area contributed by atoms with E-state index in [2.05, 4.69) is 20.2 Å². The Balaban J connectivity index is 1.48. The highest BCUT2D eigenvalue weighted by atomic mass is 16.1. The molecule has 1 aromatic carbocycles. The molecule has 5 nitrogen and oxygen atoms in total. The van der Waals surface area contributed by atoms with E-state index < -0.39 is 0 Å². The van der Waals surface area contributed by atoms with Crippen LogP contribution in [-0.2, 0) is 11.3 Å². The number of piperidine rings is 1. The van der Waals surface area contributed by atoms with Gasteiger partial charge in [0.1, 0.15) is 6.33 Å². The Bertz CT molecular complexity index is 595. The standard InChI is InChI=1S/C17H20N4O/c22-17(20-15-4-2-1-3-5-15)14-7-10-21(11-8-14)12-16-6-9-18-13-19-16/h1-6,9,13-14H,7-8,10-12H2,(H,20,22). The van der Waals surface area contributed by atoms with Crippen LogP contribution >= 0.6 is 0 Å². The van der Waals surface area contributed by atoms with E-state index in [4.69, 9.17) is 0 Å². The molecule has 1 N–H and O–H groups in total. The molecule has 0 saturated carbocycles. The molecule has 1 fully saturated rings. The van der Waals surface area contributed by atoms with Gasteiger partial charge in [0.15, 0.2) is 0 Å². The van der Waals surface area contributed by atoms with Crippen molar-refractivity contribution in [2.45, 2.75) is 19.4 Å². The molecule has 0 bridgehead atoms. The van der Waals surface area contributed by atoms with E-state index in [9.17, 15) is 4.79 Å². The first-order valence-electron chi connectivity index (χ1n) is 7.64. The minimum atomic E-state index is 0.0989. The molecule has 0 spiro atoms. The fourth-order valence-electron chi connectivity index (χ4n) is 2.76. The molecule has 2 aromatic rings. The summed E-state index contributed by atoms with van der Waals surface area (Å²) in [4.78, 5) is 22.8. The third kappa shape index (κ3) is 3.89. The maximum atomic E-state index is 12.3. The normalized spacial score (nSPS) is 16.4. The Kier molecular flexibility index (Phi) is 4.75. The van der Waals surface area contributed by atoms with Crippen LogP contribution in [0.2, 0.25) is 0 Å². The van der Waals surface area contributed by atoms with Crippen LogP contribution in [0, 0.1) is 5.92 Å². The van der Waals surface area contributed by atoms with Crippen LogP contribution in [0.15, 0.2) is 48.9 Å². The molecule has 1 amide bonds. The van der Waals surface area contributed by atoms with Crippen molar-refractivity contribution in [3.63, 3.8) is 0 Å². The van der Waals surface area contributed by atoms with Gasteiger partial charge in [0, 0.05) is 24.3 Å². The highest BCUT2D eigenvalue weighted by Gasteiger charge is 2.25. The Morgan fingerprint density at radius 1 is 1.18 bits per heavy atom.